The largest absolute Gasteiger partial charge is 0.418 e. The fourth-order valence-corrected chi connectivity index (χ4v) is 3.97. The third-order valence-electron chi connectivity index (χ3n) is 5.70. The fourth-order valence-electron chi connectivity index (χ4n) is 3.97. The van der Waals surface area contributed by atoms with E-state index in [1.807, 2.05) is 41.2 Å². The highest BCUT2D eigenvalue weighted by atomic mass is 19.4. The van der Waals surface area contributed by atoms with E-state index in [1.165, 1.54) is 12.1 Å². The van der Waals surface area contributed by atoms with Crippen molar-refractivity contribution in [2.24, 2.45) is 16.5 Å². The Balaban J connectivity index is 1.47. The molecule has 182 valence electrons. The summed E-state index contributed by atoms with van der Waals surface area (Å²) in [6.07, 6.45) is -0.902. The van der Waals surface area contributed by atoms with E-state index in [-0.39, 0.29) is 43.3 Å². The number of aromatic nitrogens is 1. The summed E-state index contributed by atoms with van der Waals surface area (Å²) in [7, 11) is 0. The van der Waals surface area contributed by atoms with Gasteiger partial charge in [0.05, 0.1) is 5.56 Å². The van der Waals surface area contributed by atoms with Crippen LogP contribution in [0.15, 0.2) is 72.0 Å². The molecule has 1 aliphatic rings. The van der Waals surface area contributed by atoms with Gasteiger partial charge >= 0.3 is 6.18 Å². The molecule has 35 heavy (non-hydrogen) atoms. The Kier molecular flexibility index (Phi) is 6.50. The number of nitrogens with two attached hydrogens (primary N) is 2. The SMILES string of the molecule is NC(N)=NC(=O)c1ccc(N2CCN(C(=O)c3ccc(-n4cccc4)cc3)CC2)c(C(F)(F)F)c1. The van der Waals surface area contributed by atoms with E-state index in [4.69, 9.17) is 11.5 Å². The predicted molar refractivity (Wildman–Crippen MR) is 125 cm³/mol. The minimum absolute atomic E-state index is 0.0677. The molecule has 0 bridgehead atoms. The van der Waals surface area contributed by atoms with E-state index in [2.05, 4.69) is 4.99 Å². The molecule has 2 amide bonds. The van der Waals surface area contributed by atoms with Crippen LogP contribution in [-0.4, -0.2) is 53.4 Å². The lowest BCUT2D eigenvalue weighted by atomic mass is 10.1. The molecule has 0 radical (unpaired) electrons. The monoisotopic (exact) mass is 484 g/mol. The Hall–Kier alpha value is -4.28. The number of carbonyl (C=O) groups excluding carboxylic acids is 2. The highest BCUT2D eigenvalue weighted by Gasteiger charge is 2.36. The van der Waals surface area contributed by atoms with Gasteiger partial charge in [0.2, 0.25) is 0 Å². The quantitative estimate of drug-likeness (QED) is 0.437. The molecule has 0 atom stereocenters. The maximum atomic E-state index is 13.8. The molecular weight excluding hydrogens is 461 g/mol. The maximum Gasteiger partial charge on any atom is 0.418 e. The van der Waals surface area contributed by atoms with Gasteiger partial charge < -0.3 is 25.8 Å². The van der Waals surface area contributed by atoms with Gasteiger partial charge in [0.15, 0.2) is 5.96 Å². The molecule has 0 unspecified atom stereocenters. The van der Waals surface area contributed by atoms with Crippen molar-refractivity contribution in [3.8, 4) is 5.69 Å². The second-order valence-corrected chi connectivity index (χ2v) is 7.99. The number of hydrogen-bond donors (Lipinski definition) is 2. The summed E-state index contributed by atoms with van der Waals surface area (Å²) >= 11 is 0. The minimum Gasteiger partial charge on any atom is -0.370 e. The number of aliphatic imine (C=N–C) groups is 1. The van der Waals surface area contributed by atoms with E-state index < -0.39 is 23.6 Å². The predicted octanol–water partition coefficient (Wildman–Crippen LogP) is 2.87. The van der Waals surface area contributed by atoms with E-state index in [1.54, 1.807) is 21.9 Å². The standard InChI is InChI=1S/C24H23F3N6O2/c25-24(26,27)19-15-17(21(34)30-23(28)29)5-8-20(19)32-11-13-33(14-12-32)22(35)16-3-6-18(7-4-16)31-9-1-2-10-31/h1-10,15H,11-14H2,(H4,28,29,30,34). The molecule has 0 spiro atoms. The van der Waals surface area contributed by atoms with Crippen molar-refractivity contribution >= 4 is 23.5 Å². The first-order chi connectivity index (χ1) is 16.6. The molecular formula is C24H23F3N6O2. The number of hydrogen-bond acceptors (Lipinski definition) is 3. The van der Waals surface area contributed by atoms with Gasteiger partial charge in [-0.2, -0.15) is 18.2 Å². The molecule has 2 aromatic carbocycles. The zero-order valence-corrected chi connectivity index (χ0v) is 18.6. The number of carbonyl (C=O) groups is 2. The number of amides is 2. The molecule has 2 heterocycles. The molecule has 1 aliphatic heterocycles. The van der Waals surface area contributed by atoms with Gasteiger partial charge in [0.1, 0.15) is 0 Å². The smallest absolute Gasteiger partial charge is 0.370 e. The highest BCUT2D eigenvalue weighted by Crippen LogP contribution is 2.38. The number of nitrogens with zero attached hydrogens (tertiary/aromatic N) is 4. The highest BCUT2D eigenvalue weighted by molar-refractivity contribution is 6.02. The summed E-state index contributed by atoms with van der Waals surface area (Å²) in [5.41, 5.74) is 10.4. The van der Waals surface area contributed by atoms with Crippen molar-refractivity contribution in [2.75, 3.05) is 31.1 Å². The van der Waals surface area contributed by atoms with Crippen molar-refractivity contribution < 1.29 is 22.8 Å². The van der Waals surface area contributed by atoms with Gasteiger partial charge in [0, 0.05) is 61.1 Å². The Morgan fingerprint density at radius 1 is 0.857 bits per heavy atom. The van der Waals surface area contributed by atoms with Crippen LogP contribution in [0.4, 0.5) is 18.9 Å². The normalized spacial score (nSPS) is 14.0. The summed E-state index contributed by atoms with van der Waals surface area (Å²) in [5, 5.41) is 0. The van der Waals surface area contributed by atoms with Crippen LogP contribution in [0.1, 0.15) is 26.3 Å². The van der Waals surface area contributed by atoms with Gasteiger partial charge in [-0.05, 0) is 54.6 Å². The van der Waals surface area contributed by atoms with Gasteiger partial charge in [-0.1, -0.05) is 0 Å². The number of piperazine rings is 1. The molecule has 1 fully saturated rings. The lowest BCUT2D eigenvalue weighted by Gasteiger charge is -2.37. The summed E-state index contributed by atoms with van der Waals surface area (Å²) < 4.78 is 43.3. The van der Waals surface area contributed by atoms with Crippen molar-refractivity contribution in [1.82, 2.24) is 9.47 Å². The zero-order chi connectivity index (χ0) is 25.2. The second-order valence-electron chi connectivity index (χ2n) is 7.99. The second kappa shape index (κ2) is 9.53. The van der Waals surface area contributed by atoms with Crippen molar-refractivity contribution in [3.63, 3.8) is 0 Å². The first kappa shape index (κ1) is 23.9. The lowest BCUT2D eigenvalue weighted by Crippen LogP contribution is -2.49. The van der Waals surface area contributed by atoms with Gasteiger partial charge in [0.25, 0.3) is 11.8 Å². The van der Waals surface area contributed by atoms with Crippen LogP contribution >= 0.6 is 0 Å². The maximum absolute atomic E-state index is 13.8. The molecule has 11 heteroatoms. The zero-order valence-electron chi connectivity index (χ0n) is 18.6. The molecule has 4 N–H and O–H groups in total. The third kappa shape index (κ3) is 5.29. The van der Waals surface area contributed by atoms with Gasteiger partial charge in [-0.25, -0.2) is 0 Å². The number of halogens is 3. The molecule has 8 nitrogen and oxygen atoms in total. The average molecular weight is 484 g/mol. The number of rotatable bonds is 4. The van der Waals surface area contributed by atoms with Gasteiger partial charge in [-0.15, -0.1) is 0 Å². The van der Waals surface area contributed by atoms with Crippen LogP contribution in [0.2, 0.25) is 0 Å². The molecule has 0 saturated carbocycles. The molecule has 0 aliphatic carbocycles. The first-order valence-electron chi connectivity index (χ1n) is 10.8. The van der Waals surface area contributed by atoms with Crippen molar-refractivity contribution in [3.05, 3.63) is 83.7 Å². The molecule has 1 saturated heterocycles. The number of anilines is 1. The Morgan fingerprint density at radius 3 is 2.03 bits per heavy atom. The number of alkyl halides is 3. The first-order valence-corrected chi connectivity index (χ1v) is 10.8. The van der Waals surface area contributed by atoms with Crippen LogP contribution < -0.4 is 16.4 Å². The van der Waals surface area contributed by atoms with Crippen LogP contribution in [0.5, 0.6) is 0 Å². The molecule has 1 aromatic heterocycles. The van der Waals surface area contributed by atoms with Crippen molar-refractivity contribution in [1.29, 1.82) is 0 Å². The van der Waals surface area contributed by atoms with Crippen LogP contribution in [0.3, 0.4) is 0 Å². The Bertz CT molecular complexity index is 1240. The van der Waals surface area contributed by atoms with Crippen LogP contribution in [0, 0.1) is 0 Å². The van der Waals surface area contributed by atoms with E-state index >= 15 is 0 Å². The van der Waals surface area contributed by atoms with E-state index in [0.717, 1.165) is 11.8 Å². The average Bonchev–Trinajstić information content (AvgIpc) is 3.37. The molecule has 4 rings (SSSR count). The summed E-state index contributed by atoms with van der Waals surface area (Å²) in [6.45, 7) is 0.920. The van der Waals surface area contributed by atoms with Crippen molar-refractivity contribution in [2.45, 2.75) is 6.18 Å². The fraction of sp³-hybridized carbons (Fsp3) is 0.208. The van der Waals surface area contributed by atoms with Crippen LogP contribution in [0.25, 0.3) is 5.69 Å². The minimum atomic E-state index is -4.70. The Morgan fingerprint density at radius 2 is 1.46 bits per heavy atom. The summed E-state index contributed by atoms with van der Waals surface area (Å²) in [4.78, 5) is 31.4. The third-order valence-corrected chi connectivity index (χ3v) is 5.70. The topological polar surface area (TPSA) is 110 Å². The molecule has 3 aromatic rings. The summed E-state index contributed by atoms with van der Waals surface area (Å²) in [5.74, 6) is -1.68. The number of benzene rings is 2. The number of guanidine groups is 1. The van der Waals surface area contributed by atoms with Crippen LogP contribution in [-0.2, 0) is 6.18 Å². The Labute approximate surface area is 199 Å². The lowest BCUT2D eigenvalue weighted by molar-refractivity contribution is -0.137. The van der Waals surface area contributed by atoms with E-state index in [0.29, 0.717) is 5.56 Å². The van der Waals surface area contributed by atoms with E-state index in [9.17, 15) is 22.8 Å². The van der Waals surface area contributed by atoms with Gasteiger partial charge in [-0.3, -0.25) is 9.59 Å². The summed E-state index contributed by atoms with van der Waals surface area (Å²) in [6, 6.07) is 14.2.